The summed E-state index contributed by atoms with van der Waals surface area (Å²) >= 11 is 1.51. The van der Waals surface area contributed by atoms with Crippen LogP contribution in [0, 0.1) is 18.7 Å². The molecule has 1 fully saturated rings. The van der Waals surface area contributed by atoms with Crippen LogP contribution in [-0.2, 0) is 6.54 Å². The molecule has 1 aliphatic rings. The van der Waals surface area contributed by atoms with Crippen LogP contribution in [0.4, 0.5) is 4.39 Å². The number of aryl methyl sites for hydroxylation is 1. The molecule has 1 atom stereocenters. The van der Waals surface area contributed by atoms with E-state index in [0.29, 0.717) is 12.5 Å². The molecule has 0 N–H and O–H groups in total. The summed E-state index contributed by atoms with van der Waals surface area (Å²) in [6.45, 7) is 6.42. The minimum absolute atomic E-state index is 0.130. The first-order valence-corrected chi connectivity index (χ1v) is 9.83. The van der Waals surface area contributed by atoms with Crippen LogP contribution in [0.2, 0.25) is 0 Å². The van der Waals surface area contributed by atoms with Gasteiger partial charge in [0.1, 0.15) is 10.6 Å². The molecule has 0 bridgehead atoms. The number of halogens is 1. The molecular formula is C20H22FN3OS. The molecule has 26 heavy (non-hydrogen) atoms. The SMILES string of the molecule is Cc1nn(Cc2ccc(F)cc2)c2sc(C(=O)N3CCC[C@@H](C)C3)cc12. The highest BCUT2D eigenvalue weighted by Gasteiger charge is 2.24. The van der Waals surface area contributed by atoms with Gasteiger partial charge in [0, 0.05) is 18.5 Å². The molecular weight excluding hydrogens is 349 g/mol. The summed E-state index contributed by atoms with van der Waals surface area (Å²) in [6, 6.07) is 8.44. The molecule has 4 nitrogen and oxygen atoms in total. The van der Waals surface area contributed by atoms with Crippen molar-refractivity contribution in [3.05, 3.63) is 52.3 Å². The van der Waals surface area contributed by atoms with Crippen molar-refractivity contribution in [1.29, 1.82) is 0 Å². The predicted molar refractivity (Wildman–Crippen MR) is 102 cm³/mol. The van der Waals surface area contributed by atoms with Crippen molar-refractivity contribution < 1.29 is 9.18 Å². The van der Waals surface area contributed by atoms with Gasteiger partial charge in [0.25, 0.3) is 5.91 Å². The number of rotatable bonds is 3. The number of benzene rings is 1. The molecule has 1 amide bonds. The van der Waals surface area contributed by atoms with Crippen molar-refractivity contribution in [2.24, 2.45) is 5.92 Å². The molecule has 3 aromatic rings. The summed E-state index contributed by atoms with van der Waals surface area (Å²) in [5, 5.41) is 5.63. The van der Waals surface area contributed by atoms with E-state index in [1.807, 2.05) is 22.6 Å². The van der Waals surface area contributed by atoms with Crippen molar-refractivity contribution in [2.45, 2.75) is 33.2 Å². The van der Waals surface area contributed by atoms with Crippen LogP contribution in [0.1, 0.15) is 40.7 Å². The lowest BCUT2D eigenvalue weighted by atomic mass is 10.0. The van der Waals surface area contributed by atoms with E-state index >= 15 is 0 Å². The second kappa shape index (κ2) is 6.83. The van der Waals surface area contributed by atoms with E-state index in [2.05, 4.69) is 12.0 Å². The minimum atomic E-state index is -0.240. The maximum absolute atomic E-state index is 13.1. The Morgan fingerprint density at radius 3 is 2.85 bits per heavy atom. The van der Waals surface area contributed by atoms with E-state index < -0.39 is 0 Å². The zero-order valence-electron chi connectivity index (χ0n) is 15.0. The number of amides is 1. The van der Waals surface area contributed by atoms with Gasteiger partial charge in [-0.3, -0.25) is 9.48 Å². The number of nitrogens with zero attached hydrogens (tertiary/aromatic N) is 3. The third kappa shape index (κ3) is 3.26. The molecule has 0 spiro atoms. The first kappa shape index (κ1) is 17.2. The molecule has 0 unspecified atom stereocenters. The normalized spacial score (nSPS) is 17.8. The highest BCUT2D eigenvalue weighted by atomic mass is 32.1. The predicted octanol–water partition coefficient (Wildman–Crippen LogP) is 4.47. The molecule has 1 aromatic carbocycles. The average Bonchev–Trinajstić information content (AvgIpc) is 3.18. The number of hydrogen-bond acceptors (Lipinski definition) is 3. The highest BCUT2D eigenvalue weighted by Crippen LogP contribution is 2.30. The lowest BCUT2D eigenvalue weighted by molar-refractivity contribution is 0.0688. The van der Waals surface area contributed by atoms with Gasteiger partial charge in [-0.1, -0.05) is 19.1 Å². The molecule has 0 saturated carbocycles. The highest BCUT2D eigenvalue weighted by molar-refractivity contribution is 7.20. The smallest absolute Gasteiger partial charge is 0.264 e. The van der Waals surface area contributed by atoms with Crippen LogP contribution in [0.5, 0.6) is 0 Å². The van der Waals surface area contributed by atoms with Crippen LogP contribution >= 0.6 is 11.3 Å². The number of likely N-dealkylation sites (tertiary alicyclic amines) is 1. The summed E-state index contributed by atoms with van der Waals surface area (Å²) in [5.41, 5.74) is 1.91. The van der Waals surface area contributed by atoms with E-state index in [0.717, 1.165) is 45.9 Å². The molecule has 3 heterocycles. The number of aromatic nitrogens is 2. The van der Waals surface area contributed by atoms with Crippen molar-refractivity contribution >= 4 is 27.5 Å². The third-order valence-corrected chi connectivity index (χ3v) is 6.14. The quantitative estimate of drug-likeness (QED) is 0.681. The summed E-state index contributed by atoms with van der Waals surface area (Å²) < 4.78 is 15.0. The van der Waals surface area contributed by atoms with Gasteiger partial charge in [0.2, 0.25) is 0 Å². The van der Waals surface area contributed by atoms with Gasteiger partial charge in [0.05, 0.1) is 17.1 Å². The summed E-state index contributed by atoms with van der Waals surface area (Å²) in [7, 11) is 0. The Morgan fingerprint density at radius 1 is 1.35 bits per heavy atom. The van der Waals surface area contributed by atoms with Crippen molar-refractivity contribution in [3.63, 3.8) is 0 Å². The van der Waals surface area contributed by atoms with E-state index in [4.69, 9.17) is 0 Å². The summed E-state index contributed by atoms with van der Waals surface area (Å²) in [6.07, 6.45) is 2.27. The number of fused-ring (bicyclic) bond motifs is 1. The van der Waals surface area contributed by atoms with E-state index in [1.54, 1.807) is 12.1 Å². The van der Waals surface area contributed by atoms with Crippen molar-refractivity contribution in [3.8, 4) is 0 Å². The third-order valence-electron chi connectivity index (χ3n) is 5.01. The van der Waals surface area contributed by atoms with Gasteiger partial charge in [-0.05, 0) is 49.4 Å². The Hall–Kier alpha value is -2.21. The number of thiophene rings is 1. The molecule has 2 aromatic heterocycles. The van der Waals surface area contributed by atoms with Gasteiger partial charge in [-0.2, -0.15) is 5.10 Å². The first-order chi connectivity index (χ1) is 12.5. The molecule has 6 heteroatoms. The van der Waals surface area contributed by atoms with Crippen LogP contribution in [0.25, 0.3) is 10.2 Å². The van der Waals surface area contributed by atoms with Gasteiger partial charge in [0.15, 0.2) is 0 Å². The number of carbonyl (C=O) groups excluding carboxylic acids is 1. The molecule has 4 rings (SSSR count). The molecule has 0 radical (unpaired) electrons. The maximum Gasteiger partial charge on any atom is 0.264 e. The Kier molecular flexibility index (Phi) is 4.53. The first-order valence-electron chi connectivity index (χ1n) is 9.02. The molecule has 1 aliphatic heterocycles. The van der Waals surface area contributed by atoms with Gasteiger partial charge in [-0.15, -0.1) is 11.3 Å². The zero-order chi connectivity index (χ0) is 18.3. The van der Waals surface area contributed by atoms with Gasteiger partial charge < -0.3 is 4.90 Å². The largest absolute Gasteiger partial charge is 0.338 e. The number of piperidine rings is 1. The lowest BCUT2D eigenvalue weighted by Gasteiger charge is -2.30. The second-order valence-electron chi connectivity index (χ2n) is 7.20. The zero-order valence-corrected chi connectivity index (χ0v) is 15.9. The summed E-state index contributed by atoms with van der Waals surface area (Å²) in [5.74, 6) is 0.457. The number of hydrogen-bond donors (Lipinski definition) is 0. The molecule has 0 aliphatic carbocycles. The standard InChI is InChI=1S/C20H22FN3OS/c1-13-4-3-9-23(11-13)19(25)18-10-17-14(2)22-24(20(17)26-18)12-15-5-7-16(21)8-6-15/h5-8,10,13H,3-4,9,11-12H2,1-2H3/t13-/m1/s1. The summed E-state index contributed by atoms with van der Waals surface area (Å²) in [4.78, 5) is 16.7. The molecule has 1 saturated heterocycles. The van der Waals surface area contributed by atoms with Crippen molar-refractivity contribution in [2.75, 3.05) is 13.1 Å². The topological polar surface area (TPSA) is 38.1 Å². The van der Waals surface area contributed by atoms with Crippen LogP contribution in [0.3, 0.4) is 0 Å². The minimum Gasteiger partial charge on any atom is -0.338 e. The molecule has 136 valence electrons. The van der Waals surface area contributed by atoms with Crippen LogP contribution in [-0.4, -0.2) is 33.7 Å². The Labute approximate surface area is 156 Å². The monoisotopic (exact) mass is 371 g/mol. The van der Waals surface area contributed by atoms with E-state index in [1.165, 1.54) is 29.9 Å². The maximum atomic E-state index is 13.1. The fraction of sp³-hybridized carbons (Fsp3) is 0.400. The lowest BCUT2D eigenvalue weighted by Crippen LogP contribution is -2.38. The average molecular weight is 371 g/mol. The Morgan fingerprint density at radius 2 is 2.12 bits per heavy atom. The Bertz CT molecular complexity index is 944. The van der Waals surface area contributed by atoms with E-state index in [9.17, 15) is 9.18 Å². The van der Waals surface area contributed by atoms with Crippen LogP contribution < -0.4 is 0 Å². The fourth-order valence-electron chi connectivity index (χ4n) is 3.62. The fourth-order valence-corrected chi connectivity index (χ4v) is 4.75. The van der Waals surface area contributed by atoms with E-state index in [-0.39, 0.29) is 11.7 Å². The van der Waals surface area contributed by atoms with Crippen molar-refractivity contribution in [1.82, 2.24) is 14.7 Å². The Balaban J connectivity index is 1.62. The van der Waals surface area contributed by atoms with Gasteiger partial charge in [-0.25, -0.2) is 4.39 Å². The van der Waals surface area contributed by atoms with Gasteiger partial charge >= 0.3 is 0 Å². The second-order valence-corrected chi connectivity index (χ2v) is 8.23. The van der Waals surface area contributed by atoms with Crippen LogP contribution in [0.15, 0.2) is 30.3 Å². The number of carbonyl (C=O) groups is 1.